The second-order valence-corrected chi connectivity index (χ2v) is 2.94. The predicted molar refractivity (Wildman–Crippen MR) is 42.9 cm³/mol. The Bertz CT molecular complexity index is 381. The molecule has 13 heavy (non-hydrogen) atoms. The Morgan fingerprint density at radius 1 is 1.62 bits per heavy atom. The maximum Gasteiger partial charge on any atom is 0.354 e. The fourth-order valence-corrected chi connectivity index (χ4v) is 1.65. The van der Waals surface area contributed by atoms with Gasteiger partial charge in [-0.2, -0.15) is 0 Å². The molecule has 0 unspecified atom stereocenters. The average molecular weight is 180 g/mol. The molecule has 0 aromatic carbocycles. The molecular weight excluding hydrogens is 172 g/mol. The van der Waals surface area contributed by atoms with Gasteiger partial charge in [0.1, 0.15) is 11.5 Å². The lowest BCUT2D eigenvalue weighted by atomic mass is 10.3. The summed E-state index contributed by atoms with van der Waals surface area (Å²) in [6.45, 7) is 0.651. The molecule has 1 aromatic heterocycles. The first-order valence-corrected chi connectivity index (χ1v) is 4.02. The fraction of sp³-hybridized carbons (Fsp3) is 0.375. The Balaban J connectivity index is 2.62. The first-order valence-electron chi connectivity index (χ1n) is 4.02. The van der Waals surface area contributed by atoms with E-state index in [1.165, 1.54) is 0 Å². The van der Waals surface area contributed by atoms with Gasteiger partial charge in [-0.15, -0.1) is 0 Å². The van der Waals surface area contributed by atoms with E-state index in [1.807, 2.05) is 0 Å². The summed E-state index contributed by atoms with van der Waals surface area (Å²) in [6.07, 6.45) is 2.16. The number of aromatic carboxylic acids is 1. The molecule has 0 saturated heterocycles. The monoisotopic (exact) mass is 180 g/mol. The van der Waals surface area contributed by atoms with Gasteiger partial charge in [-0.05, 0) is 6.42 Å². The SMILES string of the molecule is O=Cc1nc2n(c1C(=O)O)CCC2. The zero-order valence-electron chi connectivity index (χ0n) is 6.86. The summed E-state index contributed by atoms with van der Waals surface area (Å²) in [7, 11) is 0. The van der Waals surface area contributed by atoms with E-state index in [1.54, 1.807) is 4.57 Å². The fourth-order valence-electron chi connectivity index (χ4n) is 1.65. The van der Waals surface area contributed by atoms with E-state index in [9.17, 15) is 9.59 Å². The molecule has 68 valence electrons. The van der Waals surface area contributed by atoms with Crippen molar-refractivity contribution in [2.45, 2.75) is 19.4 Å². The van der Waals surface area contributed by atoms with Crippen molar-refractivity contribution in [3.63, 3.8) is 0 Å². The Labute approximate surface area is 74.0 Å². The second-order valence-electron chi connectivity index (χ2n) is 2.94. The quantitative estimate of drug-likeness (QED) is 0.666. The molecule has 0 saturated carbocycles. The summed E-state index contributed by atoms with van der Waals surface area (Å²) in [4.78, 5) is 25.2. The van der Waals surface area contributed by atoms with Crippen LogP contribution in [-0.4, -0.2) is 26.9 Å². The lowest BCUT2D eigenvalue weighted by Crippen LogP contribution is -2.08. The normalized spacial score (nSPS) is 14.2. The van der Waals surface area contributed by atoms with Crippen LogP contribution in [0.3, 0.4) is 0 Å². The highest BCUT2D eigenvalue weighted by Gasteiger charge is 2.24. The van der Waals surface area contributed by atoms with Crippen LogP contribution in [0.2, 0.25) is 0 Å². The molecule has 1 aliphatic heterocycles. The minimum absolute atomic E-state index is 0.0301. The van der Waals surface area contributed by atoms with E-state index < -0.39 is 5.97 Å². The largest absolute Gasteiger partial charge is 0.477 e. The molecule has 0 atom stereocenters. The minimum atomic E-state index is -1.08. The second kappa shape index (κ2) is 2.69. The number of aryl methyl sites for hydroxylation is 1. The van der Waals surface area contributed by atoms with Gasteiger partial charge in [0.2, 0.25) is 0 Å². The molecule has 1 aromatic rings. The molecule has 1 N–H and O–H groups in total. The Morgan fingerprint density at radius 2 is 2.38 bits per heavy atom. The van der Waals surface area contributed by atoms with Gasteiger partial charge in [-0.25, -0.2) is 9.78 Å². The molecule has 0 amide bonds. The van der Waals surface area contributed by atoms with Crippen molar-refractivity contribution in [3.8, 4) is 0 Å². The molecule has 0 bridgehead atoms. The number of imidazole rings is 1. The van der Waals surface area contributed by atoms with Crippen LogP contribution in [-0.2, 0) is 13.0 Å². The zero-order valence-corrected chi connectivity index (χ0v) is 6.86. The van der Waals surface area contributed by atoms with Gasteiger partial charge in [0, 0.05) is 13.0 Å². The minimum Gasteiger partial charge on any atom is -0.477 e. The third-order valence-electron chi connectivity index (χ3n) is 2.17. The number of carbonyl (C=O) groups excluding carboxylic acids is 1. The summed E-state index contributed by atoms with van der Waals surface area (Å²) in [5.41, 5.74) is 0.0738. The Morgan fingerprint density at radius 3 is 3.00 bits per heavy atom. The number of hydrogen-bond acceptors (Lipinski definition) is 3. The summed E-state index contributed by atoms with van der Waals surface area (Å²) >= 11 is 0. The lowest BCUT2D eigenvalue weighted by Gasteiger charge is -1.98. The van der Waals surface area contributed by atoms with Gasteiger partial charge in [0.15, 0.2) is 12.0 Å². The number of fused-ring (bicyclic) bond motifs is 1. The van der Waals surface area contributed by atoms with Crippen molar-refractivity contribution in [1.29, 1.82) is 0 Å². The number of nitrogens with zero attached hydrogens (tertiary/aromatic N) is 2. The summed E-state index contributed by atoms with van der Waals surface area (Å²) in [6, 6.07) is 0. The number of aromatic nitrogens is 2. The molecule has 5 nitrogen and oxygen atoms in total. The number of carboxylic acids is 1. The summed E-state index contributed by atoms with van der Waals surface area (Å²) in [5.74, 6) is -0.373. The topological polar surface area (TPSA) is 72.2 Å². The maximum absolute atomic E-state index is 10.8. The molecule has 2 heterocycles. The van der Waals surface area contributed by atoms with Crippen LogP contribution in [0.1, 0.15) is 33.2 Å². The molecule has 0 aliphatic carbocycles. The summed E-state index contributed by atoms with van der Waals surface area (Å²) in [5, 5.41) is 8.83. The van der Waals surface area contributed by atoms with E-state index >= 15 is 0 Å². The van der Waals surface area contributed by atoms with Gasteiger partial charge >= 0.3 is 5.97 Å². The zero-order chi connectivity index (χ0) is 9.42. The first-order chi connectivity index (χ1) is 6.24. The van der Waals surface area contributed by atoms with Gasteiger partial charge in [-0.1, -0.05) is 0 Å². The Hall–Kier alpha value is -1.65. The van der Waals surface area contributed by atoms with E-state index in [0.29, 0.717) is 18.7 Å². The third kappa shape index (κ3) is 1.04. The number of aldehydes is 1. The van der Waals surface area contributed by atoms with E-state index in [0.717, 1.165) is 12.8 Å². The maximum atomic E-state index is 10.8. The van der Waals surface area contributed by atoms with Crippen LogP contribution in [0.5, 0.6) is 0 Å². The number of hydrogen-bond donors (Lipinski definition) is 1. The molecule has 0 radical (unpaired) electrons. The van der Waals surface area contributed by atoms with E-state index in [2.05, 4.69) is 4.98 Å². The highest BCUT2D eigenvalue weighted by molar-refractivity contribution is 5.94. The van der Waals surface area contributed by atoms with Crippen LogP contribution in [0.25, 0.3) is 0 Å². The highest BCUT2D eigenvalue weighted by atomic mass is 16.4. The van der Waals surface area contributed by atoms with Crippen LogP contribution >= 0.6 is 0 Å². The number of carboxylic acid groups (broad SMARTS) is 1. The average Bonchev–Trinajstić information content (AvgIpc) is 2.59. The van der Waals surface area contributed by atoms with Crippen LogP contribution in [0.15, 0.2) is 0 Å². The van der Waals surface area contributed by atoms with Gasteiger partial charge < -0.3 is 9.67 Å². The van der Waals surface area contributed by atoms with Gasteiger partial charge in [0.05, 0.1) is 0 Å². The van der Waals surface area contributed by atoms with Gasteiger partial charge in [0.25, 0.3) is 0 Å². The van der Waals surface area contributed by atoms with Crippen molar-refractivity contribution in [3.05, 3.63) is 17.2 Å². The van der Waals surface area contributed by atoms with Crippen molar-refractivity contribution in [2.24, 2.45) is 0 Å². The predicted octanol–water partition coefficient (Wildman–Crippen LogP) is 0.340. The van der Waals surface area contributed by atoms with Crippen LogP contribution in [0.4, 0.5) is 0 Å². The Kier molecular flexibility index (Phi) is 1.65. The molecule has 0 spiro atoms. The van der Waals surface area contributed by atoms with Crippen molar-refractivity contribution in [2.75, 3.05) is 0 Å². The number of rotatable bonds is 2. The van der Waals surface area contributed by atoms with Crippen molar-refractivity contribution < 1.29 is 14.7 Å². The van der Waals surface area contributed by atoms with Gasteiger partial charge in [-0.3, -0.25) is 4.79 Å². The van der Waals surface area contributed by atoms with Crippen molar-refractivity contribution >= 4 is 12.3 Å². The van der Waals surface area contributed by atoms with Crippen molar-refractivity contribution in [1.82, 2.24) is 9.55 Å². The molecule has 5 heteroatoms. The molecule has 2 rings (SSSR count). The lowest BCUT2D eigenvalue weighted by molar-refractivity contribution is 0.0682. The van der Waals surface area contributed by atoms with E-state index in [4.69, 9.17) is 5.11 Å². The molecular formula is C8H8N2O3. The molecule has 1 aliphatic rings. The highest BCUT2D eigenvalue weighted by Crippen LogP contribution is 2.18. The number of carbonyl (C=O) groups is 2. The standard InChI is InChI=1S/C8H8N2O3/c11-4-5-7(8(12)13)10-3-1-2-6(10)9-5/h4H,1-3H2,(H,12,13). The summed E-state index contributed by atoms with van der Waals surface area (Å²) < 4.78 is 1.60. The smallest absolute Gasteiger partial charge is 0.354 e. The van der Waals surface area contributed by atoms with Crippen LogP contribution in [0, 0.1) is 0 Å². The first kappa shape index (κ1) is 7.97. The van der Waals surface area contributed by atoms with Crippen LogP contribution < -0.4 is 0 Å². The third-order valence-corrected chi connectivity index (χ3v) is 2.17. The van der Waals surface area contributed by atoms with E-state index in [-0.39, 0.29) is 11.4 Å². The molecule has 0 fully saturated rings.